The van der Waals surface area contributed by atoms with Crippen LogP contribution in [-0.4, -0.2) is 35.4 Å². The van der Waals surface area contributed by atoms with Gasteiger partial charge < -0.3 is 19.7 Å². The second-order valence-electron chi connectivity index (χ2n) is 6.24. The first-order valence-electron chi connectivity index (χ1n) is 9.31. The van der Waals surface area contributed by atoms with E-state index in [9.17, 15) is 9.59 Å². The Bertz CT molecular complexity index is 763. The van der Waals surface area contributed by atoms with E-state index >= 15 is 0 Å². The van der Waals surface area contributed by atoms with Crippen LogP contribution in [-0.2, 0) is 9.59 Å². The largest absolute Gasteiger partial charge is 0.494 e. The Morgan fingerprint density at radius 2 is 1.03 bits per heavy atom. The van der Waals surface area contributed by atoms with Crippen molar-refractivity contribution in [1.82, 2.24) is 0 Å². The first-order chi connectivity index (χ1) is 14.0. The minimum absolute atomic E-state index is 0.606. The van der Waals surface area contributed by atoms with Crippen LogP contribution < -0.4 is 9.47 Å². The van der Waals surface area contributed by atoms with E-state index in [0.29, 0.717) is 13.2 Å². The number of hydrogen-bond donors (Lipinski definition) is 2. The number of ether oxygens (including phenoxy) is 2. The first kappa shape index (κ1) is 21.8. The Labute approximate surface area is 169 Å². The summed E-state index contributed by atoms with van der Waals surface area (Å²) < 4.78 is 11.3. The van der Waals surface area contributed by atoms with E-state index in [4.69, 9.17) is 19.7 Å². The number of unbranched alkanes of at least 4 members (excludes halogenated alkanes) is 2. The smallest absolute Gasteiger partial charge is 0.328 e. The number of carbonyl (C=O) groups is 2. The average molecular weight is 396 g/mol. The lowest BCUT2D eigenvalue weighted by Gasteiger charge is -2.08. The monoisotopic (exact) mass is 396 g/mol. The second-order valence-corrected chi connectivity index (χ2v) is 6.24. The standard InChI is InChI=1S/C23H24O6/c24-22(25)14-8-18-4-10-20(11-5-18)28-16-2-1-3-17-29-21-12-6-19(7-13-21)9-15-23(26)27/h4-15H,1-3,16-17H2,(H,24,25)(H,26,27)/b14-8+,15-9+. The van der Waals surface area contributed by atoms with Gasteiger partial charge in [0.15, 0.2) is 0 Å². The van der Waals surface area contributed by atoms with Crippen molar-refractivity contribution in [2.45, 2.75) is 19.3 Å². The molecule has 0 heterocycles. The summed E-state index contributed by atoms with van der Waals surface area (Å²) in [5, 5.41) is 17.2. The summed E-state index contributed by atoms with van der Waals surface area (Å²) >= 11 is 0. The summed E-state index contributed by atoms with van der Waals surface area (Å²) in [6.45, 7) is 1.21. The Kier molecular flexibility index (Phi) is 9.02. The van der Waals surface area contributed by atoms with E-state index in [1.165, 1.54) is 12.2 Å². The highest BCUT2D eigenvalue weighted by atomic mass is 16.5. The van der Waals surface area contributed by atoms with Gasteiger partial charge in [0.1, 0.15) is 11.5 Å². The van der Waals surface area contributed by atoms with Gasteiger partial charge in [-0.25, -0.2) is 9.59 Å². The average Bonchev–Trinajstić information content (AvgIpc) is 2.71. The minimum atomic E-state index is -0.973. The van der Waals surface area contributed by atoms with Gasteiger partial charge in [-0.15, -0.1) is 0 Å². The Morgan fingerprint density at radius 3 is 1.38 bits per heavy atom. The van der Waals surface area contributed by atoms with Crippen molar-refractivity contribution >= 4 is 24.1 Å². The van der Waals surface area contributed by atoms with Crippen molar-refractivity contribution in [3.63, 3.8) is 0 Å². The van der Waals surface area contributed by atoms with Crippen LogP contribution in [0.4, 0.5) is 0 Å². The SMILES string of the molecule is O=C(O)/C=C/c1ccc(OCCCCCOc2ccc(/C=C/C(=O)O)cc2)cc1. The summed E-state index contributed by atoms with van der Waals surface area (Å²) in [6, 6.07) is 14.5. The molecule has 0 aromatic heterocycles. The zero-order valence-corrected chi connectivity index (χ0v) is 16.0. The van der Waals surface area contributed by atoms with Gasteiger partial charge in [0, 0.05) is 12.2 Å². The molecule has 2 N–H and O–H groups in total. The number of hydrogen-bond acceptors (Lipinski definition) is 4. The van der Waals surface area contributed by atoms with Crippen molar-refractivity contribution < 1.29 is 29.3 Å². The highest BCUT2D eigenvalue weighted by Gasteiger charge is 1.97. The lowest BCUT2D eigenvalue weighted by atomic mass is 10.2. The first-order valence-corrected chi connectivity index (χ1v) is 9.31. The summed E-state index contributed by atoms with van der Waals surface area (Å²) in [5.41, 5.74) is 1.62. The van der Waals surface area contributed by atoms with Crippen molar-refractivity contribution in [3.8, 4) is 11.5 Å². The molecule has 29 heavy (non-hydrogen) atoms. The molecule has 0 radical (unpaired) electrons. The Morgan fingerprint density at radius 1 is 0.655 bits per heavy atom. The van der Waals surface area contributed by atoms with E-state index in [1.807, 2.05) is 48.5 Å². The number of carboxylic acids is 2. The van der Waals surface area contributed by atoms with E-state index in [0.717, 1.165) is 54.0 Å². The van der Waals surface area contributed by atoms with Crippen LogP contribution in [0.15, 0.2) is 60.7 Å². The zero-order valence-electron chi connectivity index (χ0n) is 16.0. The molecule has 0 aliphatic rings. The molecule has 2 aromatic carbocycles. The van der Waals surface area contributed by atoms with Crippen molar-refractivity contribution in [2.24, 2.45) is 0 Å². The zero-order chi connectivity index (χ0) is 20.9. The van der Waals surface area contributed by atoms with Crippen LogP contribution in [0.2, 0.25) is 0 Å². The number of rotatable bonds is 12. The van der Waals surface area contributed by atoms with Crippen LogP contribution in [0.25, 0.3) is 12.2 Å². The molecule has 0 aliphatic carbocycles. The fourth-order valence-corrected chi connectivity index (χ4v) is 2.45. The predicted molar refractivity (Wildman–Crippen MR) is 111 cm³/mol. The van der Waals surface area contributed by atoms with Gasteiger partial charge in [0.05, 0.1) is 13.2 Å². The molecule has 2 aromatic rings. The molecular weight excluding hydrogens is 372 g/mol. The quantitative estimate of drug-likeness (QED) is 0.405. The molecule has 0 atom stereocenters. The fourth-order valence-electron chi connectivity index (χ4n) is 2.45. The molecule has 0 saturated carbocycles. The lowest BCUT2D eigenvalue weighted by Crippen LogP contribution is -2.01. The van der Waals surface area contributed by atoms with Crippen molar-refractivity contribution in [2.75, 3.05) is 13.2 Å². The normalized spacial score (nSPS) is 11.0. The van der Waals surface area contributed by atoms with E-state index < -0.39 is 11.9 Å². The molecule has 0 saturated heterocycles. The molecule has 0 spiro atoms. The highest BCUT2D eigenvalue weighted by Crippen LogP contribution is 2.15. The van der Waals surface area contributed by atoms with Crippen LogP contribution >= 0.6 is 0 Å². The summed E-state index contributed by atoms with van der Waals surface area (Å²) in [7, 11) is 0. The van der Waals surface area contributed by atoms with Gasteiger partial charge in [-0.05, 0) is 66.8 Å². The van der Waals surface area contributed by atoms with Gasteiger partial charge in [-0.2, -0.15) is 0 Å². The maximum atomic E-state index is 10.5. The lowest BCUT2D eigenvalue weighted by molar-refractivity contribution is -0.132. The van der Waals surface area contributed by atoms with E-state index in [2.05, 4.69) is 0 Å². The summed E-state index contributed by atoms with van der Waals surface area (Å²) in [6.07, 6.45) is 8.05. The van der Waals surface area contributed by atoms with Gasteiger partial charge in [-0.1, -0.05) is 24.3 Å². The third-order valence-electron chi connectivity index (χ3n) is 3.92. The highest BCUT2D eigenvalue weighted by molar-refractivity contribution is 5.85. The van der Waals surface area contributed by atoms with Crippen molar-refractivity contribution in [1.29, 1.82) is 0 Å². The van der Waals surface area contributed by atoms with Gasteiger partial charge in [0.25, 0.3) is 0 Å². The molecule has 152 valence electrons. The number of benzene rings is 2. The van der Waals surface area contributed by atoms with Crippen LogP contribution in [0.1, 0.15) is 30.4 Å². The molecule has 2 rings (SSSR count). The predicted octanol–water partition coefficient (Wildman–Crippen LogP) is 4.51. The summed E-state index contributed by atoms with van der Waals surface area (Å²) in [4.78, 5) is 21.0. The molecule has 6 heteroatoms. The van der Waals surface area contributed by atoms with Gasteiger partial charge in [0.2, 0.25) is 0 Å². The van der Waals surface area contributed by atoms with Crippen LogP contribution in [0.3, 0.4) is 0 Å². The van der Waals surface area contributed by atoms with E-state index in [1.54, 1.807) is 0 Å². The molecule has 6 nitrogen and oxygen atoms in total. The maximum Gasteiger partial charge on any atom is 0.328 e. The number of aliphatic carboxylic acids is 2. The maximum absolute atomic E-state index is 10.5. The van der Waals surface area contributed by atoms with Gasteiger partial charge >= 0.3 is 11.9 Å². The molecule has 0 aliphatic heterocycles. The van der Waals surface area contributed by atoms with Gasteiger partial charge in [-0.3, -0.25) is 0 Å². The Hall–Kier alpha value is -3.54. The Balaban J connectivity index is 1.58. The minimum Gasteiger partial charge on any atom is -0.494 e. The number of carboxylic acid groups (broad SMARTS) is 2. The second kappa shape index (κ2) is 12.0. The fraction of sp³-hybridized carbons (Fsp3) is 0.217. The molecule has 0 unspecified atom stereocenters. The van der Waals surface area contributed by atoms with Crippen LogP contribution in [0.5, 0.6) is 11.5 Å². The topological polar surface area (TPSA) is 93.1 Å². The molecular formula is C23H24O6. The van der Waals surface area contributed by atoms with Crippen LogP contribution in [0, 0.1) is 0 Å². The molecule has 0 amide bonds. The van der Waals surface area contributed by atoms with Crippen molar-refractivity contribution in [3.05, 3.63) is 71.8 Å². The third kappa shape index (κ3) is 9.28. The molecule has 0 fully saturated rings. The third-order valence-corrected chi connectivity index (χ3v) is 3.92. The van der Waals surface area contributed by atoms with E-state index in [-0.39, 0.29) is 0 Å². The summed E-state index contributed by atoms with van der Waals surface area (Å²) in [5.74, 6) is -0.435. The molecule has 0 bridgehead atoms.